The molecule has 0 bridgehead atoms. The van der Waals surface area contributed by atoms with Gasteiger partial charge in [-0.05, 0) is 24.6 Å². The average Bonchev–Trinajstić information content (AvgIpc) is 2.82. The third-order valence-corrected chi connectivity index (χ3v) is 7.39. The lowest BCUT2D eigenvalue weighted by atomic mass is 10.1. The van der Waals surface area contributed by atoms with E-state index in [1.807, 2.05) is 0 Å². The number of sulfonamides is 1. The number of benzene rings is 2. The summed E-state index contributed by atoms with van der Waals surface area (Å²) in [5.74, 6) is -0.389. The van der Waals surface area contributed by atoms with Crippen molar-refractivity contribution in [2.24, 2.45) is 0 Å². The lowest BCUT2D eigenvalue weighted by Gasteiger charge is -2.26. The van der Waals surface area contributed by atoms with E-state index in [9.17, 15) is 23.3 Å². The molecule has 12 heteroatoms. The zero-order valence-electron chi connectivity index (χ0n) is 17.8. The fourth-order valence-corrected chi connectivity index (χ4v) is 5.31. The summed E-state index contributed by atoms with van der Waals surface area (Å²) in [6, 6.07) is 6.93. The monoisotopic (exact) mass is 478 g/mol. The highest BCUT2D eigenvalue weighted by Gasteiger charge is 2.29. The van der Waals surface area contributed by atoms with Gasteiger partial charge in [0.1, 0.15) is 12.4 Å². The molecular weight excluding hydrogens is 456 g/mol. The highest BCUT2D eigenvalue weighted by molar-refractivity contribution is 7.89. The van der Waals surface area contributed by atoms with Gasteiger partial charge in [0.2, 0.25) is 10.0 Å². The van der Waals surface area contributed by atoms with Crippen LogP contribution in [0.3, 0.4) is 0 Å². The maximum absolute atomic E-state index is 13.1. The number of carbonyl (C=O) groups excluding carboxylic acids is 1. The summed E-state index contributed by atoms with van der Waals surface area (Å²) in [4.78, 5) is 23.4. The van der Waals surface area contributed by atoms with Crippen molar-refractivity contribution < 1.29 is 37.1 Å². The number of nitro groups is 1. The van der Waals surface area contributed by atoms with Crippen LogP contribution in [-0.4, -0.2) is 56.7 Å². The Balaban J connectivity index is 1.56. The summed E-state index contributed by atoms with van der Waals surface area (Å²) >= 11 is 0. The number of ether oxygens (including phenoxy) is 4. The molecule has 1 fully saturated rings. The quantitative estimate of drug-likeness (QED) is 0.348. The molecule has 4 rings (SSSR count). The second-order valence-corrected chi connectivity index (χ2v) is 9.44. The van der Waals surface area contributed by atoms with Crippen LogP contribution in [-0.2, 0) is 37.4 Å². The van der Waals surface area contributed by atoms with E-state index in [-0.39, 0.29) is 49.2 Å². The molecule has 2 aromatic carbocycles. The van der Waals surface area contributed by atoms with Crippen molar-refractivity contribution >= 4 is 21.7 Å². The van der Waals surface area contributed by atoms with Gasteiger partial charge in [-0.3, -0.25) is 10.1 Å². The average molecular weight is 478 g/mol. The summed E-state index contributed by atoms with van der Waals surface area (Å²) in [7, 11) is -3.81. The number of esters is 1. The molecule has 1 saturated heterocycles. The molecule has 0 aliphatic carbocycles. The number of morpholine rings is 1. The highest BCUT2D eigenvalue weighted by Crippen LogP contribution is 2.33. The number of non-ortho nitro benzene ring substituents is 1. The fraction of sp³-hybridized carbons (Fsp3) is 0.381. The van der Waals surface area contributed by atoms with Gasteiger partial charge in [0.15, 0.2) is 6.79 Å². The van der Waals surface area contributed by atoms with Crippen LogP contribution in [0.2, 0.25) is 0 Å². The van der Waals surface area contributed by atoms with Gasteiger partial charge in [-0.15, -0.1) is 0 Å². The Morgan fingerprint density at radius 2 is 1.94 bits per heavy atom. The maximum Gasteiger partial charge on any atom is 0.338 e. The van der Waals surface area contributed by atoms with Crippen LogP contribution in [0.5, 0.6) is 5.75 Å². The Morgan fingerprint density at radius 1 is 1.18 bits per heavy atom. The van der Waals surface area contributed by atoms with E-state index < -0.39 is 20.9 Å². The molecule has 33 heavy (non-hydrogen) atoms. The number of carbonyl (C=O) groups is 1. The van der Waals surface area contributed by atoms with E-state index in [4.69, 9.17) is 18.9 Å². The molecule has 176 valence electrons. The van der Waals surface area contributed by atoms with Crippen LogP contribution >= 0.6 is 0 Å². The number of hydrogen-bond acceptors (Lipinski definition) is 9. The lowest BCUT2D eigenvalue weighted by molar-refractivity contribution is -0.385. The van der Waals surface area contributed by atoms with Gasteiger partial charge < -0.3 is 18.9 Å². The first kappa shape index (κ1) is 23.1. The third-order valence-electron chi connectivity index (χ3n) is 5.35. The number of nitrogens with zero attached hydrogens (tertiary/aromatic N) is 2. The van der Waals surface area contributed by atoms with Gasteiger partial charge in [0.05, 0.1) is 35.2 Å². The Kier molecular flexibility index (Phi) is 6.61. The lowest BCUT2D eigenvalue weighted by Crippen LogP contribution is -2.40. The first-order valence-electron chi connectivity index (χ1n) is 10.1. The molecular formula is C21H22N2O9S. The minimum Gasteiger partial charge on any atom is -0.467 e. The van der Waals surface area contributed by atoms with Crippen molar-refractivity contribution in [1.29, 1.82) is 0 Å². The molecule has 0 spiro atoms. The minimum absolute atomic E-state index is 0.0204. The molecule has 2 aliphatic rings. The highest BCUT2D eigenvalue weighted by atomic mass is 32.2. The molecule has 0 radical (unpaired) electrons. The van der Waals surface area contributed by atoms with Crippen LogP contribution < -0.4 is 4.74 Å². The van der Waals surface area contributed by atoms with Crippen molar-refractivity contribution in [2.45, 2.75) is 25.0 Å². The molecule has 0 saturated carbocycles. The predicted molar refractivity (Wildman–Crippen MR) is 113 cm³/mol. The maximum atomic E-state index is 13.1. The summed E-state index contributed by atoms with van der Waals surface area (Å²) in [6.07, 6.45) is 0. The Bertz CT molecular complexity index is 1190. The Hall–Kier alpha value is -3.06. The largest absolute Gasteiger partial charge is 0.467 e. The summed E-state index contributed by atoms with van der Waals surface area (Å²) < 4.78 is 48.6. The van der Waals surface area contributed by atoms with Crippen molar-refractivity contribution in [3.8, 4) is 5.75 Å². The van der Waals surface area contributed by atoms with E-state index in [2.05, 4.69) is 0 Å². The van der Waals surface area contributed by atoms with Gasteiger partial charge in [-0.1, -0.05) is 6.07 Å². The number of aryl methyl sites for hydroxylation is 1. The van der Waals surface area contributed by atoms with Crippen molar-refractivity contribution in [1.82, 2.24) is 4.31 Å². The van der Waals surface area contributed by atoms with Gasteiger partial charge in [0.25, 0.3) is 5.69 Å². The first-order valence-corrected chi connectivity index (χ1v) is 11.6. The second kappa shape index (κ2) is 9.43. The topological polar surface area (TPSA) is 135 Å². The molecule has 2 heterocycles. The van der Waals surface area contributed by atoms with Crippen LogP contribution in [0, 0.1) is 17.0 Å². The molecule has 0 amide bonds. The van der Waals surface area contributed by atoms with E-state index in [1.165, 1.54) is 28.6 Å². The summed E-state index contributed by atoms with van der Waals surface area (Å²) in [5.41, 5.74) is 1.18. The fourth-order valence-electron chi connectivity index (χ4n) is 3.65. The molecule has 0 atom stereocenters. The van der Waals surface area contributed by atoms with E-state index in [0.29, 0.717) is 35.7 Å². The number of fused-ring (bicyclic) bond motifs is 1. The Morgan fingerprint density at radius 3 is 2.67 bits per heavy atom. The van der Waals surface area contributed by atoms with E-state index in [1.54, 1.807) is 13.0 Å². The van der Waals surface area contributed by atoms with Crippen LogP contribution in [0.4, 0.5) is 5.69 Å². The molecule has 0 N–H and O–H groups in total. The predicted octanol–water partition coefficient (Wildman–Crippen LogP) is 2.15. The molecule has 0 unspecified atom stereocenters. The van der Waals surface area contributed by atoms with Crippen LogP contribution in [0.25, 0.3) is 0 Å². The van der Waals surface area contributed by atoms with Gasteiger partial charge in [-0.25, -0.2) is 13.2 Å². The zero-order chi connectivity index (χ0) is 23.6. The minimum atomic E-state index is -3.81. The summed E-state index contributed by atoms with van der Waals surface area (Å²) in [6.45, 7) is 2.56. The van der Waals surface area contributed by atoms with Gasteiger partial charge >= 0.3 is 5.97 Å². The van der Waals surface area contributed by atoms with Crippen molar-refractivity contribution in [3.63, 3.8) is 0 Å². The number of hydrogen-bond donors (Lipinski definition) is 0. The zero-order valence-corrected chi connectivity index (χ0v) is 18.6. The molecule has 11 nitrogen and oxygen atoms in total. The van der Waals surface area contributed by atoms with Gasteiger partial charge in [-0.2, -0.15) is 4.31 Å². The molecule has 2 aromatic rings. The van der Waals surface area contributed by atoms with Crippen molar-refractivity contribution in [2.75, 3.05) is 33.1 Å². The second-order valence-electron chi connectivity index (χ2n) is 7.53. The first-order chi connectivity index (χ1) is 15.8. The standard InChI is InChI=1S/C21H22N2O9S/c1-14-2-3-15(10-19(14)33(27,28)22-4-6-29-7-5-22)21(24)31-12-17-9-18(23(25)26)8-16-11-30-13-32-20(16)17/h2-3,8-10H,4-7,11-13H2,1H3. The summed E-state index contributed by atoms with van der Waals surface area (Å²) in [5, 5.41) is 11.2. The normalized spacial score (nSPS) is 16.5. The van der Waals surface area contributed by atoms with E-state index in [0.717, 1.165) is 0 Å². The third kappa shape index (κ3) is 4.83. The van der Waals surface area contributed by atoms with Gasteiger partial charge in [0, 0.05) is 36.3 Å². The SMILES string of the molecule is Cc1ccc(C(=O)OCc2cc([N+](=O)[O-])cc3c2OCOC3)cc1S(=O)(=O)N1CCOCC1. The number of rotatable bonds is 6. The molecule has 0 aromatic heterocycles. The van der Waals surface area contributed by atoms with Crippen molar-refractivity contribution in [3.05, 3.63) is 62.7 Å². The van der Waals surface area contributed by atoms with Crippen LogP contribution in [0.1, 0.15) is 27.0 Å². The Labute approximate surface area is 190 Å². The van der Waals surface area contributed by atoms with E-state index >= 15 is 0 Å². The van der Waals surface area contributed by atoms with Crippen LogP contribution in [0.15, 0.2) is 35.2 Å². The smallest absolute Gasteiger partial charge is 0.338 e. The number of nitro benzene ring substituents is 1. The molecule has 2 aliphatic heterocycles.